The molecule has 0 spiro atoms. The second-order valence-electron chi connectivity index (χ2n) is 6.98. The van der Waals surface area contributed by atoms with Crippen molar-refractivity contribution in [3.8, 4) is 0 Å². The fourth-order valence-electron chi connectivity index (χ4n) is 2.97. The molecule has 0 saturated carbocycles. The van der Waals surface area contributed by atoms with Crippen molar-refractivity contribution in [2.24, 2.45) is 4.99 Å². The number of benzene rings is 2. The van der Waals surface area contributed by atoms with Gasteiger partial charge in [0.15, 0.2) is 5.11 Å². The van der Waals surface area contributed by atoms with Gasteiger partial charge in [0.1, 0.15) is 5.82 Å². The van der Waals surface area contributed by atoms with E-state index in [9.17, 15) is 4.39 Å². The highest BCUT2D eigenvalue weighted by atomic mass is 32.1. The Bertz CT molecular complexity index is 1060. The molecule has 1 aromatic heterocycles. The maximum absolute atomic E-state index is 13.2. The number of hydrogen-bond acceptors (Lipinski definition) is 4. The fourth-order valence-corrected chi connectivity index (χ4v) is 3.18. The summed E-state index contributed by atoms with van der Waals surface area (Å²) in [5.41, 5.74) is 4.63. The summed E-state index contributed by atoms with van der Waals surface area (Å²) in [6.07, 6.45) is 0.881. The highest BCUT2D eigenvalue weighted by Gasteiger charge is 2.09. The van der Waals surface area contributed by atoms with Gasteiger partial charge in [0.05, 0.1) is 6.54 Å². The summed E-state index contributed by atoms with van der Waals surface area (Å²) in [4.78, 5) is 13.4. The van der Waals surface area contributed by atoms with E-state index in [1.807, 2.05) is 38.1 Å². The summed E-state index contributed by atoms with van der Waals surface area (Å²) >= 11 is 5.50. The Labute approximate surface area is 187 Å². The molecule has 0 amide bonds. The van der Waals surface area contributed by atoms with Gasteiger partial charge in [-0.2, -0.15) is 0 Å². The summed E-state index contributed by atoms with van der Waals surface area (Å²) < 4.78 is 13.2. The maximum Gasteiger partial charge on any atom is 0.229 e. The first kappa shape index (κ1) is 22.3. The van der Waals surface area contributed by atoms with Gasteiger partial charge < -0.3 is 10.6 Å². The smallest absolute Gasteiger partial charge is 0.229 e. The molecule has 2 aromatic carbocycles. The van der Waals surface area contributed by atoms with Crippen LogP contribution in [0.1, 0.15) is 29.4 Å². The zero-order valence-corrected chi connectivity index (χ0v) is 18.6. The Morgan fingerprint density at radius 3 is 2.35 bits per heavy atom. The van der Waals surface area contributed by atoms with Gasteiger partial charge in [-0.05, 0) is 67.9 Å². The highest BCUT2D eigenvalue weighted by molar-refractivity contribution is 7.80. The number of nitrogens with one attached hydrogen (secondary N) is 3. The third-order valence-corrected chi connectivity index (χ3v) is 4.63. The zero-order chi connectivity index (χ0) is 22.2. The second-order valence-corrected chi connectivity index (χ2v) is 7.39. The molecule has 160 valence electrons. The molecule has 3 rings (SSSR count). The van der Waals surface area contributed by atoms with E-state index in [0.717, 1.165) is 34.6 Å². The largest absolute Gasteiger partial charge is 0.332 e. The first-order valence-electron chi connectivity index (χ1n) is 9.97. The minimum absolute atomic E-state index is 0.284. The van der Waals surface area contributed by atoms with E-state index in [1.165, 1.54) is 12.1 Å². The molecule has 0 bridgehead atoms. The number of hydrogen-bond donors (Lipinski definition) is 3. The summed E-state index contributed by atoms with van der Waals surface area (Å²) in [5.74, 6) is 0.522. The molecule has 0 aliphatic carbocycles. The zero-order valence-electron chi connectivity index (χ0n) is 17.7. The molecule has 31 heavy (non-hydrogen) atoms. The van der Waals surface area contributed by atoms with E-state index in [0.29, 0.717) is 23.6 Å². The molecule has 6 nitrogen and oxygen atoms in total. The highest BCUT2D eigenvalue weighted by Crippen LogP contribution is 2.15. The monoisotopic (exact) mass is 436 g/mol. The van der Waals surface area contributed by atoms with Crippen molar-refractivity contribution in [3.05, 3.63) is 82.9 Å². The van der Waals surface area contributed by atoms with Gasteiger partial charge in [-0.15, -0.1) is 0 Å². The molecule has 3 aromatic rings. The van der Waals surface area contributed by atoms with Crippen molar-refractivity contribution in [2.45, 2.75) is 33.7 Å². The molecular formula is C23H25FN6S. The quantitative estimate of drug-likeness (QED) is 0.305. The third kappa shape index (κ3) is 6.82. The molecule has 0 radical (unpaired) electrons. The van der Waals surface area contributed by atoms with Crippen molar-refractivity contribution in [1.82, 2.24) is 15.3 Å². The molecule has 0 aliphatic heterocycles. The van der Waals surface area contributed by atoms with E-state index in [-0.39, 0.29) is 5.82 Å². The van der Waals surface area contributed by atoms with Crippen LogP contribution < -0.4 is 16.0 Å². The van der Waals surface area contributed by atoms with Gasteiger partial charge in [-0.1, -0.05) is 37.3 Å². The molecule has 8 heteroatoms. The van der Waals surface area contributed by atoms with Crippen LogP contribution in [0.4, 0.5) is 16.0 Å². The van der Waals surface area contributed by atoms with Gasteiger partial charge in [0.25, 0.3) is 0 Å². The predicted molar refractivity (Wildman–Crippen MR) is 128 cm³/mol. The third-order valence-electron chi connectivity index (χ3n) is 4.42. The van der Waals surface area contributed by atoms with Crippen LogP contribution in [0.25, 0.3) is 0 Å². The number of aromatic nitrogens is 2. The lowest BCUT2D eigenvalue weighted by Crippen LogP contribution is -2.39. The Kier molecular flexibility index (Phi) is 7.61. The fraction of sp³-hybridized carbons (Fsp3) is 0.217. The lowest BCUT2D eigenvalue weighted by atomic mass is 10.1. The van der Waals surface area contributed by atoms with Crippen molar-refractivity contribution in [2.75, 3.05) is 10.6 Å². The standard InChI is InChI=1S/C23H25FN6S/c1-4-18-7-5-6-8-20(18)28-23(31)30-21(25-14-17-9-11-19(24)12-10-17)29-22-26-15(2)13-16(3)27-22/h5-13H,4,14H2,1-3H3,(H3,25,26,27,28,29,30,31). The minimum atomic E-state index is -0.284. The van der Waals surface area contributed by atoms with Crippen LogP contribution in [0.3, 0.4) is 0 Å². The molecule has 0 atom stereocenters. The first-order valence-corrected chi connectivity index (χ1v) is 10.4. The van der Waals surface area contributed by atoms with Crippen LogP contribution in [0.5, 0.6) is 0 Å². The predicted octanol–water partition coefficient (Wildman–Crippen LogP) is 4.75. The van der Waals surface area contributed by atoms with Crippen molar-refractivity contribution < 1.29 is 4.39 Å². The van der Waals surface area contributed by atoms with E-state index < -0.39 is 0 Å². The minimum Gasteiger partial charge on any atom is -0.332 e. The van der Waals surface area contributed by atoms with Crippen molar-refractivity contribution in [1.29, 1.82) is 0 Å². The Hall–Kier alpha value is -3.39. The van der Waals surface area contributed by atoms with E-state index in [4.69, 9.17) is 12.2 Å². The molecule has 3 N–H and O–H groups in total. The number of guanidine groups is 1. The average Bonchev–Trinajstić information content (AvgIpc) is 2.73. The molecule has 0 fully saturated rings. The van der Waals surface area contributed by atoms with Crippen molar-refractivity contribution >= 4 is 34.9 Å². The van der Waals surface area contributed by atoms with E-state index in [2.05, 4.69) is 43.9 Å². The van der Waals surface area contributed by atoms with Crippen molar-refractivity contribution in [3.63, 3.8) is 0 Å². The SMILES string of the molecule is CCc1ccccc1NC(=S)NC(=NCc1ccc(F)cc1)Nc1nc(C)cc(C)n1. The number of aryl methyl sites for hydroxylation is 3. The lowest BCUT2D eigenvalue weighted by molar-refractivity contribution is 0.627. The van der Waals surface area contributed by atoms with Gasteiger partial charge in [-0.3, -0.25) is 5.32 Å². The Morgan fingerprint density at radius 1 is 1.00 bits per heavy atom. The van der Waals surface area contributed by atoms with Crippen LogP contribution in [-0.4, -0.2) is 21.0 Å². The van der Waals surface area contributed by atoms with Crippen LogP contribution in [0.2, 0.25) is 0 Å². The van der Waals surface area contributed by atoms with Crippen LogP contribution in [0.15, 0.2) is 59.6 Å². The van der Waals surface area contributed by atoms with E-state index >= 15 is 0 Å². The topological polar surface area (TPSA) is 74.2 Å². The normalized spacial score (nSPS) is 11.2. The molecule has 0 saturated heterocycles. The summed E-state index contributed by atoms with van der Waals surface area (Å²) in [7, 11) is 0. The summed E-state index contributed by atoms with van der Waals surface area (Å²) in [5, 5.41) is 9.79. The number of nitrogens with zero attached hydrogens (tertiary/aromatic N) is 3. The van der Waals surface area contributed by atoms with Crippen LogP contribution >= 0.6 is 12.2 Å². The van der Waals surface area contributed by atoms with Gasteiger partial charge >= 0.3 is 0 Å². The number of halogens is 1. The molecule has 1 heterocycles. The molecule has 0 aliphatic rings. The number of rotatable bonds is 5. The first-order chi connectivity index (χ1) is 14.9. The van der Waals surface area contributed by atoms with Crippen LogP contribution in [-0.2, 0) is 13.0 Å². The number of anilines is 2. The second kappa shape index (κ2) is 10.6. The van der Waals surface area contributed by atoms with E-state index in [1.54, 1.807) is 12.1 Å². The Balaban J connectivity index is 1.79. The number of para-hydroxylation sites is 1. The maximum atomic E-state index is 13.2. The molecular weight excluding hydrogens is 411 g/mol. The average molecular weight is 437 g/mol. The lowest BCUT2D eigenvalue weighted by Gasteiger charge is -2.16. The van der Waals surface area contributed by atoms with Gasteiger partial charge in [0.2, 0.25) is 11.9 Å². The number of thiocarbonyl (C=S) groups is 1. The number of aliphatic imine (C=N–C) groups is 1. The van der Waals surface area contributed by atoms with Gasteiger partial charge in [0, 0.05) is 17.1 Å². The van der Waals surface area contributed by atoms with Crippen LogP contribution in [0, 0.1) is 19.7 Å². The molecule has 0 unspecified atom stereocenters. The summed E-state index contributed by atoms with van der Waals surface area (Å²) in [6.45, 7) is 6.22. The Morgan fingerprint density at radius 2 is 1.68 bits per heavy atom. The summed E-state index contributed by atoms with van der Waals surface area (Å²) in [6, 6.07) is 16.1. The van der Waals surface area contributed by atoms with Gasteiger partial charge in [-0.25, -0.2) is 19.4 Å².